The first-order valence-electron chi connectivity index (χ1n) is 17.8. The summed E-state index contributed by atoms with van der Waals surface area (Å²) in [6, 6.07) is 12.5. The molecule has 2 aromatic carbocycles. The molecule has 0 radical (unpaired) electrons. The predicted octanol–water partition coefficient (Wildman–Crippen LogP) is 4.74. The van der Waals surface area contributed by atoms with Crippen LogP contribution < -0.4 is 14.2 Å². The molecule has 9 rings (SSSR count). The van der Waals surface area contributed by atoms with Crippen LogP contribution in [0.4, 0.5) is 0 Å². The minimum Gasteiger partial charge on any atom is -0.497 e. The van der Waals surface area contributed by atoms with Crippen LogP contribution in [0.5, 0.6) is 5.75 Å². The van der Waals surface area contributed by atoms with Crippen LogP contribution in [-0.2, 0) is 21.5 Å². The summed E-state index contributed by atoms with van der Waals surface area (Å²) < 4.78 is 38.3. The Hall–Kier alpha value is -3.41. The first-order valence-corrected chi connectivity index (χ1v) is 19.3. The largest absolute Gasteiger partial charge is 0.497 e. The second kappa shape index (κ2) is 11.1. The average Bonchev–Trinajstić information content (AvgIpc) is 4.00. The molecular formula is C37H45N5O5S. The number of carbonyl (C=O) groups is 2. The summed E-state index contributed by atoms with van der Waals surface area (Å²) in [6.07, 6.45) is 9.65. The van der Waals surface area contributed by atoms with E-state index in [1.807, 2.05) is 18.2 Å². The zero-order valence-electron chi connectivity index (χ0n) is 27.8. The van der Waals surface area contributed by atoms with Crippen molar-refractivity contribution in [3.8, 4) is 17.0 Å². The molecule has 254 valence electrons. The van der Waals surface area contributed by atoms with E-state index in [2.05, 4.69) is 43.0 Å². The Kier molecular flexibility index (Phi) is 7.05. The molecule has 48 heavy (non-hydrogen) atoms. The third-order valence-corrected chi connectivity index (χ3v) is 13.3. The number of nitrogens with zero attached hydrogens (tertiary/aromatic N) is 3. The Bertz CT molecular complexity index is 1930. The van der Waals surface area contributed by atoms with Crippen molar-refractivity contribution in [1.29, 1.82) is 0 Å². The van der Waals surface area contributed by atoms with Crippen LogP contribution in [0.1, 0.15) is 91.1 Å². The molecule has 2 saturated heterocycles. The number of piperidine rings is 1. The Balaban J connectivity index is 1.18. The lowest BCUT2D eigenvalue weighted by Crippen LogP contribution is -2.70. The van der Waals surface area contributed by atoms with Crippen molar-refractivity contribution in [1.82, 2.24) is 23.8 Å². The van der Waals surface area contributed by atoms with Crippen molar-refractivity contribution in [3.05, 3.63) is 53.1 Å². The van der Waals surface area contributed by atoms with Crippen LogP contribution in [0, 0.1) is 11.3 Å². The van der Waals surface area contributed by atoms with E-state index in [-0.39, 0.29) is 23.9 Å². The molecule has 3 aromatic rings. The number of ether oxygens (including phenoxy) is 1. The molecular weight excluding hydrogens is 627 g/mol. The number of fused-ring (bicyclic) bond motifs is 9. The van der Waals surface area contributed by atoms with Crippen LogP contribution in [0.25, 0.3) is 22.2 Å². The SMILES string of the molecule is COc1ccc2c(c1)C1CC1(C(=O)N1C3CC1CN(C)C3)Cn1c-2c(C2CCCCC2)c2ccc(C(=O)NS(=O)(=O)NCC3CC3)cc21. The molecule has 2 amide bonds. The van der Waals surface area contributed by atoms with Crippen LogP contribution in [0.15, 0.2) is 36.4 Å². The van der Waals surface area contributed by atoms with E-state index < -0.39 is 21.5 Å². The summed E-state index contributed by atoms with van der Waals surface area (Å²) in [5, 5.41) is 1.09. The zero-order chi connectivity index (χ0) is 32.9. The highest BCUT2D eigenvalue weighted by Gasteiger charge is 2.66. The van der Waals surface area contributed by atoms with Gasteiger partial charge in [-0.05, 0) is 98.9 Å². The number of nitrogens with one attached hydrogen (secondary N) is 2. The van der Waals surface area contributed by atoms with Crippen molar-refractivity contribution in [2.24, 2.45) is 11.3 Å². The van der Waals surface area contributed by atoms with Gasteiger partial charge >= 0.3 is 10.2 Å². The second-order valence-corrected chi connectivity index (χ2v) is 17.0. The quantitative estimate of drug-likeness (QED) is 0.358. The van der Waals surface area contributed by atoms with E-state index >= 15 is 0 Å². The summed E-state index contributed by atoms with van der Waals surface area (Å²) in [5.74, 6) is 1.20. The number of carbonyl (C=O) groups excluding carboxylic acids is 2. The third-order valence-electron chi connectivity index (χ3n) is 12.3. The molecule has 10 nitrogen and oxygen atoms in total. The van der Waals surface area contributed by atoms with E-state index in [1.165, 1.54) is 30.4 Å². The number of hydrogen-bond donors (Lipinski definition) is 2. The van der Waals surface area contributed by atoms with E-state index in [0.717, 1.165) is 79.5 Å². The van der Waals surface area contributed by atoms with Crippen molar-refractivity contribution in [2.75, 3.05) is 33.8 Å². The highest BCUT2D eigenvalue weighted by Crippen LogP contribution is 2.67. The monoisotopic (exact) mass is 671 g/mol. The Labute approximate surface area is 282 Å². The van der Waals surface area contributed by atoms with Gasteiger partial charge in [-0.1, -0.05) is 25.3 Å². The summed E-state index contributed by atoms with van der Waals surface area (Å²) in [7, 11) is -0.147. The number of hydrogen-bond acceptors (Lipinski definition) is 6. The molecule has 2 N–H and O–H groups in total. The maximum absolute atomic E-state index is 14.8. The van der Waals surface area contributed by atoms with Crippen LogP contribution in [0.3, 0.4) is 0 Å². The van der Waals surface area contributed by atoms with Gasteiger partial charge in [-0.25, -0.2) is 4.72 Å². The highest BCUT2D eigenvalue weighted by molar-refractivity contribution is 7.88. The number of likely N-dealkylation sites (N-methyl/N-ethyl adjacent to an activating group) is 1. The Morgan fingerprint density at radius 2 is 1.77 bits per heavy atom. The average molecular weight is 672 g/mol. The molecule has 11 heteroatoms. The van der Waals surface area contributed by atoms with E-state index in [4.69, 9.17) is 4.74 Å². The fourth-order valence-corrected chi connectivity index (χ4v) is 10.5. The van der Waals surface area contributed by atoms with Crippen LogP contribution >= 0.6 is 0 Å². The smallest absolute Gasteiger partial charge is 0.301 e. The van der Waals surface area contributed by atoms with Crippen molar-refractivity contribution in [2.45, 2.75) is 88.3 Å². The van der Waals surface area contributed by atoms with Crippen molar-refractivity contribution >= 4 is 32.9 Å². The normalized spacial score (nSPS) is 28.1. The van der Waals surface area contributed by atoms with Crippen LogP contribution in [-0.4, -0.2) is 80.5 Å². The van der Waals surface area contributed by atoms with Gasteiger partial charge < -0.3 is 19.1 Å². The van der Waals surface area contributed by atoms with Gasteiger partial charge in [-0.2, -0.15) is 13.1 Å². The molecule has 6 aliphatic rings. The van der Waals surface area contributed by atoms with Gasteiger partial charge in [0.1, 0.15) is 5.75 Å². The minimum atomic E-state index is -3.98. The van der Waals surface area contributed by atoms with E-state index in [1.54, 1.807) is 13.2 Å². The lowest BCUT2D eigenvalue weighted by atomic mass is 9.81. The lowest BCUT2D eigenvalue weighted by molar-refractivity contribution is -0.159. The molecule has 5 fully saturated rings. The fourth-order valence-electron chi connectivity index (χ4n) is 9.60. The third kappa shape index (κ3) is 4.90. The molecule has 3 aliphatic carbocycles. The van der Waals surface area contributed by atoms with Gasteiger partial charge in [-0.3, -0.25) is 9.59 Å². The maximum atomic E-state index is 14.8. The molecule has 1 aromatic heterocycles. The zero-order valence-corrected chi connectivity index (χ0v) is 28.7. The number of benzene rings is 2. The Morgan fingerprint density at radius 1 is 1.00 bits per heavy atom. The highest BCUT2D eigenvalue weighted by atomic mass is 32.2. The standard InChI is InChI=1S/C37H45N5O5S/c1-40-19-25-15-26(20-40)42(25)36(44)37-17-31(37)30-16-27(47-2)11-13-28(30)34-33(23-6-4-3-5-7-23)29-12-10-24(14-32(29)41(34)21-37)35(43)39-48(45,46)38-18-22-8-9-22/h10-14,16,22-23,25-26,31,38H,3-9,15,17-21H2,1-2H3,(H,39,43). The summed E-state index contributed by atoms with van der Waals surface area (Å²) >= 11 is 0. The maximum Gasteiger partial charge on any atom is 0.301 e. The number of aromatic nitrogens is 1. The summed E-state index contributed by atoms with van der Waals surface area (Å²) in [4.78, 5) is 32.8. The van der Waals surface area contributed by atoms with Gasteiger partial charge in [0.15, 0.2) is 0 Å². The van der Waals surface area contributed by atoms with Gasteiger partial charge in [0.05, 0.1) is 18.2 Å². The van der Waals surface area contributed by atoms with Gasteiger partial charge in [-0.15, -0.1) is 0 Å². The molecule has 3 aliphatic heterocycles. The molecule has 4 unspecified atom stereocenters. The summed E-state index contributed by atoms with van der Waals surface area (Å²) in [6.45, 7) is 2.70. The fraction of sp³-hybridized carbons (Fsp3) is 0.568. The first-order chi connectivity index (χ1) is 23.2. The van der Waals surface area contributed by atoms with E-state index in [0.29, 0.717) is 30.5 Å². The molecule has 2 bridgehead atoms. The van der Waals surface area contributed by atoms with E-state index in [9.17, 15) is 18.0 Å². The van der Waals surface area contributed by atoms with Crippen molar-refractivity contribution in [3.63, 3.8) is 0 Å². The number of rotatable bonds is 8. The lowest BCUT2D eigenvalue weighted by Gasteiger charge is -2.56. The van der Waals surface area contributed by atoms with Gasteiger partial charge in [0.25, 0.3) is 5.91 Å². The number of piperazine rings is 1. The topological polar surface area (TPSA) is 113 Å². The van der Waals surface area contributed by atoms with Crippen molar-refractivity contribution < 1.29 is 22.7 Å². The second-order valence-electron chi connectivity index (χ2n) is 15.5. The number of methoxy groups -OCH3 is 1. The van der Waals surface area contributed by atoms with Crippen LogP contribution in [0.2, 0.25) is 0 Å². The van der Waals surface area contributed by atoms with Gasteiger partial charge in [0.2, 0.25) is 5.91 Å². The Morgan fingerprint density at radius 3 is 2.50 bits per heavy atom. The predicted molar refractivity (Wildman–Crippen MR) is 183 cm³/mol. The molecule has 3 saturated carbocycles. The molecule has 0 spiro atoms. The number of amides is 2. The van der Waals surface area contributed by atoms with Gasteiger partial charge in [0, 0.05) is 66.2 Å². The molecule has 4 atom stereocenters. The number of likely N-dealkylation sites (tertiary alicyclic amines) is 2. The first kappa shape index (κ1) is 30.6. The summed E-state index contributed by atoms with van der Waals surface area (Å²) in [5.41, 5.74) is 5.38. The minimum absolute atomic E-state index is 0.0810. The molecule has 4 heterocycles.